The summed E-state index contributed by atoms with van der Waals surface area (Å²) in [4.78, 5) is 28.0. The van der Waals surface area contributed by atoms with Gasteiger partial charge in [0.05, 0.1) is 11.0 Å². The highest BCUT2D eigenvalue weighted by atomic mass is 16.2. The minimum Gasteiger partial charge on any atom is -0.322 e. The van der Waals surface area contributed by atoms with Crippen molar-refractivity contribution in [1.29, 1.82) is 0 Å². The number of aryl methyl sites for hydroxylation is 2. The quantitative estimate of drug-likeness (QED) is 0.735. The monoisotopic (exact) mass is 361 g/mol. The molecular weight excluding hydrogens is 338 g/mol. The summed E-state index contributed by atoms with van der Waals surface area (Å²) in [5, 5.41) is 2.99. The fourth-order valence-electron chi connectivity index (χ4n) is 4.65. The lowest BCUT2D eigenvalue weighted by atomic mass is 10.1. The van der Waals surface area contributed by atoms with Crippen LogP contribution in [0, 0.1) is 0 Å². The molecule has 5 nitrogen and oxygen atoms in total. The molecule has 2 N–H and O–H groups in total. The van der Waals surface area contributed by atoms with Crippen molar-refractivity contribution in [1.82, 2.24) is 9.55 Å². The van der Waals surface area contributed by atoms with Gasteiger partial charge in [-0.25, -0.2) is 4.79 Å². The van der Waals surface area contributed by atoms with Gasteiger partial charge in [-0.1, -0.05) is 18.9 Å². The normalized spacial score (nSPS) is 16.7. The Bertz CT molecular complexity index is 1090. The number of fused-ring (bicyclic) bond motifs is 2. The lowest BCUT2D eigenvalue weighted by molar-refractivity contribution is 0.102. The number of imidazole rings is 1. The molecule has 3 aromatic rings. The molecule has 1 aromatic heterocycles. The van der Waals surface area contributed by atoms with E-state index in [4.69, 9.17) is 0 Å². The molecule has 138 valence electrons. The Kier molecular flexibility index (Phi) is 3.88. The number of hydrogen-bond acceptors (Lipinski definition) is 2. The molecule has 0 spiro atoms. The Hall–Kier alpha value is -2.82. The Labute approximate surface area is 157 Å². The second kappa shape index (κ2) is 6.41. The van der Waals surface area contributed by atoms with Gasteiger partial charge in [0, 0.05) is 17.3 Å². The summed E-state index contributed by atoms with van der Waals surface area (Å²) in [6.45, 7) is 0. The number of benzene rings is 2. The van der Waals surface area contributed by atoms with E-state index in [0.29, 0.717) is 5.56 Å². The summed E-state index contributed by atoms with van der Waals surface area (Å²) in [7, 11) is 0. The molecule has 5 heteroatoms. The molecule has 1 saturated carbocycles. The maximum absolute atomic E-state index is 12.7. The van der Waals surface area contributed by atoms with Crippen molar-refractivity contribution in [3.8, 4) is 0 Å². The van der Waals surface area contributed by atoms with Crippen LogP contribution in [0.2, 0.25) is 0 Å². The van der Waals surface area contributed by atoms with Crippen LogP contribution in [-0.4, -0.2) is 15.5 Å². The summed E-state index contributed by atoms with van der Waals surface area (Å²) in [6.07, 6.45) is 7.85. The average Bonchev–Trinajstić information content (AvgIpc) is 3.39. The zero-order valence-electron chi connectivity index (χ0n) is 15.3. The largest absolute Gasteiger partial charge is 0.326 e. The number of H-pyrrole nitrogens is 1. The standard InChI is InChI=1S/C22H23N3O2/c26-21(23-17-10-8-14-4-3-5-15(14)12-17)16-9-11-20-19(13-16)24-22(27)25(20)18-6-1-2-7-18/h8-13,18H,1-7H2,(H,23,26)(H,24,27). The van der Waals surface area contributed by atoms with Gasteiger partial charge in [-0.3, -0.25) is 9.36 Å². The lowest BCUT2D eigenvalue weighted by Crippen LogP contribution is -2.20. The predicted molar refractivity (Wildman–Crippen MR) is 106 cm³/mol. The number of carbonyl (C=O) groups is 1. The van der Waals surface area contributed by atoms with E-state index < -0.39 is 0 Å². The number of amides is 1. The highest BCUT2D eigenvalue weighted by Gasteiger charge is 2.21. The van der Waals surface area contributed by atoms with Gasteiger partial charge in [0.25, 0.3) is 5.91 Å². The third-order valence-corrected chi connectivity index (χ3v) is 6.02. The first-order valence-electron chi connectivity index (χ1n) is 9.86. The molecule has 1 fully saturated rings. The van der Waals surface area contributed by atoms with Crippen molar-refractivity contribution < 1.29 is 4.79 Å². The van der Waals surface area contributed by atoms with Gasteiger partial charge in [0.2, 0.25) is 0 Å². The van der Waals surface area contributed by atoms with Crippen LogP contribution in [0.4, 0.5) is 5.69 Å². The van der Waals surface area contributed by atoms with Crippen LogP contribution in [0.3, 0.4) is 0 Å². The Morgan fingerprint density at radius 2 is 1.81 bits per heavy atom. The van der Waals surface area contributed by atoms with Crippen LogP contribution < -0.4 is 11.0 Å². The van der Waals surface area contributed by atoms with E-state index in [1.165, 1.54) is 30.4 Å². The third kappa shape index (κ3) is 2.87. The summed E-state index contributed by atoms with van der Waals surface area (Å²) < 4.78 is 1.87. The molecule has 0 atom stereocenters. The lowest BCUT2D eigenvalue weighted by Gasteiger charge is -2.11. The molecule has 5 rings (SSSR count). The summed E-state index contributed by atoms with van der Waals surface area (Å²) >= 11 is 0. The second-order valence-corrected chi connectivity index (χ2v) is 7.76. The maximum atomic E-state index is 12.7. The number of carbonyl (C=O) groups excluding carboxylic acids is 1. The number of rotatable bonds is 3. The molecule has 2 aromatic carbocycles. The van der Waals surface area contributed by atoms with Crippen LogP contribution >= 0.6 is 0 Å². The van der Waals surface area contributed by atoms with Crippen LogP contribution in [0.1, 0.15) is 59.6 Å². The Balaban J connectivity index is 1.43. The zero-order chi connectivity index (χ0) is 18.4. The molecule has 0 unspecified atom stereocenters. The number of nitrogens with zero attached hydrogens (tertiary/aromatic N) is 1. The summed E-state index contributed by atoms with van der Waals surface area (Å²) in [5.41, 5.74) is 5.66. The SMILES string of the molecule is O=C(Nc1ccc2c(c1)CCC2)c1ccc2c(c1)[nH]c(=O)n2C1CCCC1. The van der Waals surface area contributed by atoms with E-state index in [9.17, 15) is 9.59 Å². The van der Waals surface area contributed by atoms with Crippen molar-refractivity contribution in [3.05, 3.63) is 63.6 Å². The van der Waals surface area contributed by atoms with E-state index >= 15 is 0 Å². The van der Waals surface area contributed by atoms with E-state index in [1.54, 1.807) is 6.07 Å². The fraction of sp³-hybridized carbons (Fsp3) is 0.364. The van der Waals surface area contributed by atoms with Crippen LogP contribution in [-0.2, 0) is 12.8 Å². The van der Waals surface area contributed by atoms with E-state index in [0.717, 1.165) is 42.4 Å². The number of aromatic nitrogens is 2. The Morgan fingerprint density at radius 3 is 2.67 bits per heavy atom. The third-order valence-electron chi connectivity index (χ3n) is 6.02. The molecule has 2 aliphatic rings. The molecule has 0 aliphatic heterocycles. The first-order valence-corrected chi connectivity index (χ1v) is 9.86. The number of nitrogens with one attached hydrogen (secondary N) is 2. The molecule has 0 saturated heterocycles. The van der Waals surface area contributed by atoms with Crippen LogP contribution in [0.25, 0.3) is 11.0 Å². The molecule has 1 amide bonds. The first kappa shape index (κ1) is 16.4. The van der Waals surface area contributed by atoms with Gasteiger partial charge < -0.3 is 10.3 Å². The smallest absolute Gasteiger partial charge is 0.322 e. The number of anilines is 1. The molecule has 2 aliphatic carbocycles. The van der Waals surface area contributed by atoms with Crippen LogP contribution in [0.5, 0.6) is 0 Å². The molecule has 0 bridgehead atoms. The van der Waals surface area contributed by atoms with E-state index in [-0.39, 0.29) is 17.6 Å². The van der Waals surface area contributed by atoms with Gasteiger partial charge >= 0.3 is 5.69 Å². The number of hydrogen-bond donors (Lipinski definition) is 2. The minimum atomic E-state index is -0.149. The Morgan fingerprint density at radius 1 is 1.00 bits per heavy atom. The van der Waals surface area contributed by atoms with Gasteiger partial charge in [0.15, 0.2) is 0 Å². The van der Waals surface area contributed by atoms with Gasteiger partial charge in [-0.05, 0) is 73.6 Å². The summed E-state index contributed by atoms with van der Waals surface area (Å²) in [6, 6.07) is 11.9. The van der Waals surface area contributed by atoms with Crippen molar-refractivity contribution in [3.63, 3.8) is 0 Å². The fourth-order valence-corrected chi connectivity index (χ4v) is 4.65. The average molecular weight is 361 g/mol. The predicted octanol–water partition coefficient (Wildman–Crippen LogP) is 4.19. The topological polar surface area (TPSA) is 66.9 Å². The molecule has 0 radical (unpaired) electrons. The highest BCUT2D eigenvalue weighted by molar-refractivity contribution is 6.06. The van der Waals surface area contributed by atoms with Crippen molar-refractivity contribution in [2.75, 3.05) is 5.32 Å². The molecular formula is C22H23N3O2. The van der Waals surface area contributed by atoms with Crippen molar-refractivity contribution in [2.45, 2.75) is 51.0 Å². The summed E-state index contributed by atoms with van der Waals surface area (Å²) in [5.74, 6) is -0.149. The second-order valence-electron chi connectivity index (χ2n) is 7.76. The maximum Gasteiger partial charge on any atom is 0.326 e. The molecule has 27 heavy (non-hydrogen) atoms. The van der Waals surface area contributed by atoms with Crippen LogP contribution in [0.15, 0.2) is 41.2 Å². The van der Waals surface area contributed by atoms with Crippen molar-refractivity contribution >= 4 is 22.6 Å². The van der Waals surface area contributed by atoms with E-state index in [2.05, 4.69) is 22.4 Å². The first-order chi connectivity index (χ1) is 13.2. The zero-order valence-corrected chi connectivity index (χ0v) is 15.3. The van der Waals surface area contributed by atoms with Crippen molar-refractivity contribution in [2.24, 2.45) is 0 Å². The highest BCUT2D eigenvalue weighted by Crippen LogP contribution is 2.31. The van der Waals surface area contributed by atoms with Gasteiger partial charge in [0.1, 0.15) is 0 Å². The molecule has 1 heterocycles. The minimum absolute atomic E-state index is 0.0759. The van der Waals surface area contributed by atoms with E-state index in [1.807, 2.05) is 22.8 Å². The number of aromatic amines is 1. The van der Waals surface area contributed by atoms with Gasteiger partial charge in [-0.15, -0.1) is 0 Å². The van der Waals surface area contributed by atoms with Gasteiger partial charge in [-0.2, -0.15) is 0 Å².